The van der Waals surface area contributed by atoms with E-state index >= 15 is 0 Å². The van der Waals surface area contributed by atoms with E-state index in [2.05, 4.69) is 21.4 Å². The largest absolute Gasteiger partial charge is 0.759 e. The van der Waals surface area contributed by atoms with E-state index in [1.54, 1.807) is 24.3 Å². The molecule has 0 fully saturated rings. The third-order valence-electron chi connectivity index (χ3n) is 1.12. The van der Waals surface area contributed by atoms with Crippen molar-refractivity contribution in [3.05, 3.63) is 28.7 Å². The summed E-state index contributed by atoms with van der Waals surface area (Å²) in [6.07, 6.45) is 0. The SMILES string of the molecule is O=S([O-])NNc1ccc(Br)cc1. The van der Waals surface area contributed by atoms with Crippen molar-refractivity contribution in [2.45, 2.75) is 0 Å². The lowest BCUT2D eigenvalue weighted by atomic mass is 10.3. The monoisotopic (exact) mass is 249 g/mol. The smallest absolute Gasteiger partial charge is 0.0497 e. The van der Waals surface area contributed by atoms with Gasteiger partial charge >= 0.3 is 0 Å². The zero-order valence-corrected chi connectivity index (χ0v) is 8.31. The number of anilines is 1. The summed E-state index contributed by atoms with van der Waals surface area (Å²) in [4.78, 5) is 2.03. The summed E-state index contributed by atoms with van der Waals surface area (Å²) >= 11 is 0.961. The molecule has 0 saturated carbocycles. The summed E-state index contributed by atoms with van der Waals surface area (Å²) < 4.78 is 21.1. The number of rotatable bonds is 3. The average Bonchev–Trinajstić information content (AvgIpc) is 2.03. The van der Waals surface area contributed by atoms with Crippen LogP contribution in [0.5, 0.6) is 0 Å². The first-order valence-electron chi connectivity index (χ1n) is 3.05. The van der Waals surface area contributed by atoms with Gasteiger partial charge in [0.15, 0.2) is 0 Å². The molecule has 0 spiro atoms. The number of nitrogens with one attached hydrogen (secondary N) is 2. The highest BCUT2D eigenvalue weighted by Crippen LogP contribution is 2.12. The maximum Gasteiger partial charge on any atom is 0.0497 e. The second-order valence-corrected chi connectivity index (χ2v) is 3.56. The average molecular weight is 250 g/mol. The Bertz CT molecular complexity index is 277. The van der Waals surface area contributed by atoms with Gasteiger partial charge in [0, 0.05) is 21.4 Å². The van der Waals surface area contributed by atoms with Crippen LogP contribution in [0.1, 0.15) is 0 Å². The summed E-state index contributed by atoms with van der Waals surface area (Å²) in [7, 11) is 0. The first-order valence-corrected chi connectivity index (χ1v) is 4.92. The van der Waals surface area contributed by atoms with E-state index < -0.39 is 11.3 Å². The number of benzene rings is 1. The van der Waals surface area contributed by atoms with E-state index in [9.17, 15) is 8.76 Å². The topological polar surface area (TPSA) is 64.2 Å². The van der Waals surface area contributed by atoms with Crippen molar-refractivity contribution in [1.29, 1.82) is 0 Å². The van der Waals surface area contributed by atoms with Gasteiger partial charge in [-0.3, -0.25) is 4.21 Å². The van der Waals surface area contributed by atoms with Crippen LogP contribution in [0.3, 0.4) is 0 Å². The molecular weight excluding hydrogens is 244 g/mol. The Balaban J connectivity index is 2.53. The van der Waals surface area contributed by atoms with E-state index in [1.165, 1.54) is 0 Å². The zero-order chi connectivity index (χ0) is 8.97. The second-order valence-electron chi connectivity index (χ2n) is 1.97. The van der Waals surface area contributed by atoms with Crippen LogP contribution in [0.4, 0.5) is 5.69 Å². The van der Waals surface area contributed by atoms with Gasteiger partial charge in [0.05, 0.1) is 0 Å². The Hall–Kier alpha value is -0.430. The summed E-state index contributed by atoms with van der Waals surface area (Å²) in [5.41, 5.74) is 3.17. The quantitative estimate of drug-likeness (QED) is 0.625. The third-order valence-corrected chi connectivity index (χ3v) is 1.92. The number of hydrogen-bond acceptors (Lipinski definition) is 3. The van der Waals surface area contributed by atoms with E-state index in [-0.39, 0.29) is 0 Å². The van der Waals surface area contributed by atoms with E-state index in [1.807, 2.05) is 4.83 Å². The van der Waals surface area contributed by atoms with Crippen LogP contribution >= 0.6 is 15.9 Å². The fraction of sp³-hybridized carbons (Fsp3) is 0. The summed E-state index contributed by atoms with van der Waals surface area (Å²) in [6.45, 7) is 0. The molecule has 0 radical (unpaired) electrons. The van der Waals surface area contributed by atoms with Gasteiger partial charge < -0.3 is 9.98 Å². The molecule has 0 amide bonds. The molecule has 0 heterocycles. The molecule has 12 heavy (non-hydrogen) atoms. The Morgan fingerprint density at radius 3 is 2.42 bits per heavy atom. The zero-order valence-electron chi connectivity index (χ0n) is 5.91. The van der Waals surface area contributed by atoms with Crippen molar-refractivity contribution >= 4 is 32.9 Å². The molecule has 1 atom stereocenters. The molecule has 1 unspecified atom stereocenters. The van der Waals surface area contributed by atoms with Crippen molar-refractivity contribution in [2.24, 2.45) is 0 Å². The van der Waals surface area contributed by atoms with Crippen LogP contribution in [-0.4, -0.2) is 8.76 Å². The van der Waals surface area contributed by atoms with Gasteiger partial charge in [0.2, 0.25) is 0 Å². The molecule has 4 nitrogen and oxygen atoms in total. The molecule has 66 valence electrons. The Labute approximate surface area is 80.9 Å². The summed E-state index contributed by atoms with van der Waals surface area (Å²) in [5.74, 6) is 0. The maximum absolute atomic E-state index is 10.1. The fourth-order valence-electron chi connectivity index (χ4n) is 0.634. The summed E-state index contributed by atoms with van der Waals surface area (Å²) in [6, 6.07) is 7.09. The lowest BCUT2D eigenvalue weighted by Gasteiger charge is -2.09. The van der Waals surface area contributed by atoms with Gasteiger partial charge in [-0.2, -0.15) is 4.83 Å². The molecule has 0 aliphatic rings. The molecule has 1 rings (SSSR count). The Morgan fingerprint density at radius 2 is 1.92 bits per heavy atom. The molecule has 1 aromatic rings. The van der Waals surface area contributed by atoms with Crippen molar-refractivity contribution in [1.82, 2.24) is 4.83 Å². The molecule has 1 aromatic carbocycles. The molecule has 0 aromatic heterocycles. The Kier molecular flexibility index (Phi) is 3.67. The van der Waals surface area contributed by atoms with Crippen molar-refractivity contribution in [2.75, 3.05) is 5.43 Å². The number of hydrogen-bond donors (Lipinski definition) is 2. The first-order chi connectivity index (χ1) is 5.68. The van der Waals surface area contributed by atoms with Gasteiger partial charge in [0.25, 0.3) is 0 Å². The lowest BCUT2D eigenvalue weighted by Crippen LogP contribution is -2.23. The van der Waals surface area contributed by atoms with E-state index in [0.717, 1.165) is 4.47 Å². The maximum atomic E-state index is 10.1. The fourth-order valence-corrected chi connectivity index (χ4v) is 1.10. The van der Waals surface area contributed by atoms with Crippen LogP contribution in [0.2, 0.25) is 0 Å². The highest BCUT2D eigenvalue weighted by molar-refractivity contribution is 9.10. The van der Waals surface area contributed by atoms with Gasteiger partial charge in [-0.25, -0.2) is 0 Å². The lowest BCUT2D eigenvalue weighted by molar-refractivity contribution is 0.528. The van der Waals surface area contributed by atoms with E-state index in [0.29, 0.717) is 5.69 Å². The molecule has 0 saturated heterocycles. The minimum absolute atomic E-state index is 0.683. The minimum atomic E-state index is -2.29. The van der Waals surface area contributed by atoms with Crippen LogP contribution in [0, 0.1) is 0 Å². The van der Waals surface area contributed by atoms with E-state index in [4.69, 9.17) is 0 Å². The molecular formula is C6H6BrN2O2S-. The van der Waals surface area contributed by atoms with Crippen molar-refractivity contribution < 1.29 is 8.76 Å². The second kappa shape index (κ2) is 4.56. The highest BCUT2D eigenvalue weighted by atomic mass is 79.9. The molecule has 6 heteroatoms. The molecule has 0 aliphatic heterocycles. The van der Waals surface area contributed by atoms with Gasteiger partial charge in [-0.1, -0.05) is 15.9 Å². The Morgan fingerprint density at radius 1 is 1.33 bits per heavy atom. The van der Waals surface area contributed by atoms with Crippen LogP contribution < -0.4 is 10.3 Å². The predicted octanol–water partition coefficient (Wildman–Crippen LogP) is 1.16. The van der Waals surface area contributed by atoms with Crippen LogP contribution in [0.25, 0.3) is 0 Å². The highest BCUT2D eigenvalue weighted by Gasteiger charge is 1.89. The van der Waals surface area contributed by atoms with Gasteiger partial charge in [-0.15, -0.1) is 0 Å². The summed E-state index contributed by atoms with van der Waals surface area (Å²) in [5, 5.41) is 0. The molecule has 0 aliphatic carbocycles. The van der Waals surface area contributed by atoms with Crippen LogP contribution in [-0.2, 0) is 11.3 Å². The third kappa shape index (κ3) is 3.31. The standard InChI is InChI=1S/C6H7BrN2O2S/c7-5-1-3-6(4-2-5)8-9-12(10)11/h1-4,8-9H,(H,10,11)/p-1. The number of hydrazine groups is 1. The van der Waals surface area contributed by atoms with Crippen LogP contribution in [0.15, 0.2) is 28.7 Å². The van der Waals surface area contributed by atoms with Gasteiger partial charge in [-0.05, 0) is 24.3 Å². The predicted molar refractivity (Wildman–Crippen MR) is 49.8 cm³/mol. The van der Waals surface area contributed by atoms with Crippen molar-refractivity contribution in [3.8, 4) is 0 Å². The van der Waals surface area contributed by atoms with Crippen molar-refractivity contribution in [3.63, 3.8) is 0 Å². The molecule has 0 bridgehead atoms. The van der Waals surface area contributed by atoms with Gasteiger partial charge in [0.1, 0.15) is 0 Å². The normalized spacial score (nSPS) is 12.5. The minimum Gasteiger partial charge on any atom is -0.759 e. The molecule has 2 N–H and O–H groups in total. The number of halogens is 1. The first kappa shape index (κ1) is 9.66.